The average Bonchev–Trinajstić information content (AvgIpc) is 2.45. The highest BCUT2D eigenvalue weighted by Crippen LogP contribution is 2.31. The van der Waals surface area contributed by atoms with Crippen LogP contribution in [-0.2, 0) is 0 Å². The van der Waals surface area contributed by atoms with E-state index in [1.54, 1.807) is 18.2 Å². The zero-order valence-corrected chi connectivity index (χ0v) is 11.5. The summed E-state index contributed by atoms with van der Waals surface area (Å²) in [6.45, 7) is 2.56. The number of hydrogen-bond acceptors (Lipinski definition) is 4. The maximum atomic E-state index is 12.4. The van der Waals surface area contributed by atoms with E-state index in [9.17, 15) is 4.79 Å². The van der Waals surface area contributed by atoms with E-state index in [0.29, 0.717) is 23.6 Å². The van der Waals surface area contributed by atoms with Gasteiger partial charge in [-0.25, -0.2) is 0 Å². The molecule has 5 nitrogen and oxygen atoms in total. The van der Waals surface area contributed by atoms with E-state index < -0.39 is 0 Å². The number of nitriles is 1. The summed E-state index contributed by atoms with van der Waals surface area (Å²) in [7, 11) is 3.01. The Bertz CT molecular complexity index is 480. The Morgan fingerprint density at radius 2 is 2.11 bits per heavy atom. The third kappa shape index (κ3) is 3.38. The average molecular weight is 262 g/mol. The summed E-state index contributed by atoms with van der Waals surface area (Å²) in [6, 6.07) is 7.13. The number of ether oxygens (including phenoxy) is 2. The van der Waals surface area contributed by atoms with Crippen molar-refractivity contribution in [2.24, 2.45) is 0 Å². The number of amides is 1. The second-order valence-corrected chi connectivity index (χ2v) is 3.93. The van der Waals surface area contributed by atoms with Crippen LogP contribution < -0.4 is 9.47 Å². The molecular weight excluding hydrogens is 244 g/mol. The highest BCUT2D eigenvalue weighted by molar-refractivity contribution is 5.98. The molecule has 102 valence electrons. The van der Waals surface area contributed by atoms with Gasteiger partial charge in [0.25, 0.3) is 5.91 Å². The fraction of sp³-hybridized carbons (Fsp3) is 0.429. The van der Waals surface area contributed by atoms with Gasteiger partial charge in [-0.3, -0.25) is 4.79 Å². The minimum absolute atomic E-state index is 0.0625. The molecule has 0 radical (unpaired) electrons. The minimum atomic E-state index is -0.223. The van der Waals surface area contributed by atoms with Gasteiger partial charge in [-0.15, -0.1) is 0 Å². The second-order valence-electron chi connectivity index (χ2n) is 3.93. The van der Waals surface area contributed by atoms with Gasteiger partial charge in [0, 0.05) is 6.54 Å². The SMILES string of the molecule is CCCN(CC#N)C(=O)c1cccc(OC)c1OC. The van der Waals surface area contributed by atoms with Crippen LogP contribution in [0.4, 0.5) is 0 Å². The molecular formula is C14H18N2O3. The Kier molecular flexibility index (Phi) is 5.68. The number of rotatable bonds is 6. The van der Waals surface area contributed by atoms with Crippen molar-refractivity contribution in [2.45, 2.75) is 13.3 Å². The first-order chi connectivity index (χ1) is 9.19. The molecule has 0 aliphatic carbocycles. The standard InChI is InChI=1S/C14H18N2O3/c1-4-9-16(10-8-15)14(17)11-6-5-7-12(18-2)13(11)19-3/h5-7H,4,9-10H2,1-3H3. The van der Waals surface area contributed by atoms with Crippen LogP contribution in [-0.4, -0.2) is 38.1 Å². The molecule has 0 aliphatic rings. The summed E-state index contributed by atoms with van der Waals surface area (Å²) in [5, 5.41) is 8.79. The van der Waals surface area contributed by atoms with Crippen molar-refractivity contribution in [1.82, 2.24) is 4.90 Å². The number of benzene rings is 1. The highest BCUT2D eigenvalue weighted by Gasteiger charge is 2.21. The van der Waals surface area contributed by atoms with Crippen molar-refractivity contribution in [2.75, 3.05) is 27.3 Å². The number of hydrogen-bond donors (Lipinski definition) is 0. The Morgan fingerprint density at radius 1 is 1.37 bits per heavy atom. The fourth-order valence-corrected chi connectivity index (χ4v) is 1.83. The van der Waals surface area contributed by atoms with Crippen molar-refractivity contribution >= 4 is 5.91 Å². The molecule has 0 aliphatic heterocycles. The minimum Gasteiger partial charge on any atom is -0.493 e. The van der Waals surface area contributed by atoms with E-state index in [1.807, 2.05) is 13.0 Å². The van der Waals surface area contributed by atoms with Crippen molar-refractivity contribution in [3.63, 3.8) is 0 Å². The predicted octanol–water partition coefficient (Wildman–Crippen LogP) is 2.08. The molecule has 0 unspecified atom stereocenters. The van der Waals surface area contributed by atoms with Gasteiger partial charge >= 0.3 is 0 Å². The molecule has 0 aromatic heterocycles. The summed E-state index contributed by atoms with van der Waals surface area (Å²) in [6.07, 6.45) is 0.791. The predicted molar refractivity (Wildman–Crippen MR) is 71.4 cm³/mol. The molecule has 0 saturated carbocycles. The van der Waals surface area contributed by atoms with Crippen molar-refractivity contribution in [1.29, 1.82) is 5.26 Å². The molecule has 0 atom stereocenters. The van der Waals surface area contributed by atoms with Gasteiger partial charge in [-0.05, 0) is 18.6 Å². The molecule has 0 saturated heterocycles. The lowest BCUT2D eigenvalue weighted by Crippen LogP contribution is -2.32. The molecule has 1 aromatic carbocycles. The zero-order valence-electron chi connectivity index (χ0n) is 11.5. The largest absolute Gasteiger partial charge is 0.493 e. The van der Waals surface area contributed by atoms with Crippen LogP contribution in [0.25, 0.3) is 0 Å². The van der Waals surface area contributed by atoms with E-state index in [2.05, 4.69) is 0 Å². The first-order valence-electron chi connectivity index (χ1n) is 6.06. The van der Waals surface area contributed by atoms with Crippen molar-refractivity contribution in [3.8, 4) is 17.6 Å². The van der Waals surface area contributed by atoms with Crippen LogP contribution in [0.2, 0.25) is 0 Å². The number of nitrogens with zero attached hydrogens (tertiary/aromatic N) is 2. The summed E-state index contributed by atoms with van der Waals surface area (Å²) in [5.41, 5.74) is 0.408. The van der Waals surface area contributed by atoms with Crippen LogP contribution in [0.15, 0.2) is 18.2 Å². The fourth-order valence-electron chi connectivity index (χ4n) is 1.83. The van der Waals surface area contributed by atoms with E-state index in [4.69, 9.17) is 14.7 Å². The van der Waals surface area contributed by atoms with Crippen LogP contribution in [0, 0.1) is 11.3 Å². The third-order valence-electron chi connectivity index (χ3n) is 2.68. The van der Waals surface area contributed by atoms with Crippen molar-refractivity contribution in [3.05, 3.63) is 23.8 Å². The maximum absolute atomic E-state index is 12.4. The molecule has 0 bridgehead atoms. The first-order valence-corrected chi connectivity index (χ1v) is 6.06. The molecule has 0 spiro atoms. The normalized spacial score (nSPS) is 9.58. The third-order valence-corrected chi connectivity index (χ3v) is 2.68. The lowest BCUT2D eigenvalue weighted by Gasteiger charge is -2.20. The van der Waals surface area contributed by atoms with Crippen LogP contribution >= 0.6 is 0 Å². The summed E-state index contributed by atoms with van der Waals surface area (Å²) in [4.78, 5) is 13.9. The van der Waals surface area contributed by atoms with E-state index in [0.717, 1.165) is 6.42 Å². The van der Waals surface area contributed by atoms with Crippen LogP contribution in [0.3, 0.4) is 0 Å². The number of para-hydroxylation sites is 1. The summed E-state index contributed by atoms with van der Waals surface area (Å²) >= 11 is 0. The van der Waals surface area contributed by atoms with Gasteiger partial charge in [-0.2, -0.15) is 5.26 Å². The number of carbonyl (C=O) groups excluding carboxylic acids is 1. The van der Waals surface area contributed by atoms with E-state index in [-0.39, 0.29) is 12.5 Å². The molecule has 5 heteroatoms. The van der Waals surface area contributed by atoms with Gasteiger partial charge < -0.3 is 14.4 Å². The highest BCUT2D eigenvalue weighted by atomic mass is 16.5. The second kappa shape index (κ2) is 7.27. The van der Waals surface area contributed by atoms with Crippen LogP contribution in [0.5, 0.6) is 11.5 Å². The van der Waals surface area contributed by atoms with Crippen LogP contribution in [0.1, 0.15) is 23.7 Å². The zero-order chi connectivity index (χ0) is 14.3. The van der Waals surface area contributed by atoms with E-state index in [1.165, 1.54) is 19.1 Å². The van der Waals surface area contributed by atoms with Gasteiger partial charge in [0.1, 0.15) is 6.54 Å². The van der Waals surface area contributed by atoms with Gasteiger partial charge in [0.05, 0.1) is 25.9 Å². The number of carbonyl (C=O) groups is 1. The molecule has 0 heterocycles. The molecule has 1 amide bonds. The lowest BCUT2D eigenvalue weighted by atomic mass is 10.1. The molecule has 0 N–H and O–H groups in total. The number of methoxy groups -OCH3 is 2. The monoisotopic (exact) mass is 262 g/mol. The van der Waals surface area contributed by atoms with E-state index >= 15 is 0 Å². The first kappa shape index (κ1) is 14.8. The van der Waals surface area contributed by atoms with Crippen molar-refractivity contribution < 1.29 is 14.3 Å². The van der Waals surface area contributed by atoms with Gasteiger partial charge in [-0.1, -0.05) is 13.0 Å². The summed E-state index contributed by atoms with van der Waals surface area (Å²) in [5.74, 6) is 0.676. The smallest absolute Gasteiger partial charge is 0.258 e. The Hall–Kier alpha value is -2.22. The molecule has 1 aromatic rings. The topological polar surface area (TPSA) is 62.6 Å². The Labute approximate surface area is 113 Å². The Morgan fingerprint density at radius 3 is 2.63 bits per heavy atom. The molecule has 1 rings (SSSR count). The lowest BCUT2D eigenvalue weighted by molar-refractivity contribution is 0.0772. The quantitative estimate of drug-likeness (QED) is 0.736. The molecule has 0 fully saturated rings. The van der Waals surface area contributed by atoms with Gasteiger partial charge in [0.15, 0.2) is 11.5 Å². The molecule has 19 heavy (non-hydrogen) atoms. The maximum Gasteiger partial charge on any atom is 0.258 e. The summed E-state index contributed by atoms with van der Waals surface area (Å²) < 4.78 is 10.4. The Balaban J connectivity index is 3.13. The van der Waals surface area contributed by atoms with Gasteiger partial charge in [0.2, 0.25) is 0 Å².